The van der Waals surface area contributed by atoms with Crippen LogP contribution in [-0.2, 0) is 0 Å². The first kappa shape index (κ1) is 15.5. The van der Waals surface area contributed by atoms with Crippen molar-refractivity contribution in [3.05, 3.63) is 63.9 Å². The molecule has 0 spiro atoms. The van der Waals surface area contributed by atoms with E-state index in [0.717, 1.165) is 16.1 Å². The highest BCUT2D eigenvalue weighted by atomic mass is 35.5. The minimum absolute atomic E-state index is 0.297. The number of hydrogen-bond donors (Lipinski definition) is 0. The largest absolute Gasteiger partial charge is 0.494 e. The van der Waals surface area contributed by atoms with Crippen LogP contribution in [0.1, 0.15) is 16.7 Å². The molecule has 0 unspecified atom stereocenters. The summed E-state index contributed by atoms with van der Waals surface area (Å²) in [6, 6.07) is 10.9. The molecule has 2 rings (SSSR count). The summed E-state index contributed by atoms with van der Waals surface area (Å²) < 4.78 is 17.5. The summed E-state index contributed by atoms with van der Waals surface area (Å²) in [5.74, 6) is -0.00639. The number of methoxy groups -OCH3 is 1. The quantitative estimate of drug-likeness (QED) is 0.706. The van der Waals surface area contributed by atoms with E-state index in [1.807, 2.05) is 39.0 Å². The molecule has 3 heteroatoms. The van der Waals surface area contributed by atoms with Crippen LogP contribution in [0.25, 0.3) is 0 Å². The molecule has 0 bridgehead atoms. The van der Waals surface area contributed by atoms with E-state index in [1.54, 1.807) is 6.07 Å². The van der Waals surface area contributed by atoms with Gasteiger partial charge in [-0.2, -0.15) is 0 Å². The summed E-state index contributed by atoms with van der Waals surface area (Å²) in [4.78, 5) is 0. The standard InChI is InChI=1S/C8H9Cl.C8H9FO/c1-6-3-4-7(2)8(9)5-6;1-6-3-4-8(10-2)7(9)5-6/h3-5H,1-2H3;3-5H,1-2H3. The van der Waals surface area contributed by atoms with Crippen LogP contribution in [0.3, 0.4) is 0 Å². The molecule has 19 heavy (non-hydrogen) atoms. The van der Waals surface area contributed by atoms with Gasteiger partial charge in [0.05, 0.1) is 7.11 Å². The second-order valence-corrected chi connectivity index (χ2v) is 4.80. The van der Waals surface area contributed by atoms with Crippen LogP contribution < -0.4 is 4.74 Å². The third-order valence-corrected chi connectivity index (χ3v) is 3.04. The van der Waals surface area contributed by atoms with Crippen molar-refractivity contribution in [2.24, 2.45) is 0 Å². The normalized spacial score (nSPS) is 9.58. The Morgan fingerprint density at radius 2 is 1.53 bits per heavy atom. The molecular formula is C16H18ClFO. The fourth-order valence-corrected chi connectivity index (χ4v) is 1.70. The van der Waals surface area contributed by atoms with Crippen LogP contribution >= 0.6 is 11.6 Å². The van der Waals surface area contributed by atoms with Crippen molar-refractivity contribution in [3.63, 3.8) is 0 Å². The monoisotopic (exact) mass is 280 g/mol. The summed E-state index contributed by atoms with van der Waals surface area (Å²) in [5, 5.41) is 0.856. The third kappa shape index (κ3) is 4.92. The molecule has 0 fully saturated rings. The van der Waals surface area contributed by atoms with Crippen LogP contribution in [0.4, 0.5) is 4.39 Å². The van der Waals surface area contributed by atoms with Gasteiger partial charge in [-0.05, 0) is 55.7 Å². The molecule has 2 aromatic rings. The fraction of sp³-hybridized carbons (Fsp3) is 0.250. The van der Waals surface area contributed by atoms with Crippen molar-refractivity contribution in [2.45, 2.75) is 20.8 Å². The van der Waals surface area contributed by atoms with Gasteiger partial charge in [-0.3, -0.25) is 0 Å². The molecule has 0 heterocycles. The van der Waals surface area contributed by atoms with E-state index >= 15 is 0 Å². The number of aryl methyl sites for hydroxylation is 3. The number of hydrogen-bond acceptors (Lipinski definition) is 1. The SMILES string of the molecule is COc1ccc(C)cc1F.Cc1ccc(C)c(Cl)c1. The predicted octanol–water partition coefficient (Wildman–Crippen LogP) is 5.10. The van der Waals surface area contributed by atoms with Crippen molar-refractivity contribution in [3.8, 4) is 5.75 Å². The zero-order chi connectivity index (χ0) is 14.4. The number of ether oxygens (including phenoxy) is 1. The molecule has 102 valence electrons. The maximum absolute atomic E-state index is 12.7. The molecule has 0 aliphatic carbocycles. The van der Waals surface area contributed by atoms with Crippen LogP contribution in [0.5, 0.6) is 5.75 Å². The van der Waals surface area contributed by atoms with E-state index in [-0.39, 0.29) is 5.82 Å². The summed E-state index contributed by atoms with van der Waals surface area (Å²) in [7, 11) is 1.45. The highest BCUT2D eigenvalue weighted by Gasteiger charge is 1.99. The zero-order valence-corrected chi connectivity index (χ0v) is 12.4. The Balaban J connectivity index is 0.000000191. The Bertz CT molecular complexity index is 552. The number of halogens is 2. The second-order valence-electron chi connectivity index (χ2n) is 4.39. The maximum atomic E-state index is 12.7. The predicted molar refractivity (Wildman–Crippen MR) is 78.6 cm³/mol. The topological polar surface area (TPSA) is 9.23 Å². The molecule has 0 radical (unpaired) electrons. The number of rotatable bonds is 1. The molecule has 0 saturated carbocycles. The van der Waals surface area contributed by atoms with Gasteiger partial charge in [0.1, 0.15) is 0 Å². The first-order chi connectivity index (χ1) is 8.93. The van der Waals surface area contributed by atoms with E-state index in [4.69, 9.17) is 16.3 Å². The van der Waals surface area contributed by atoms with E-state index < -0.39 is 0 Å². The smallest absolute Gasteiger partial charge is 0.165 e. The third-order valence-electron chi connectivity index (χ3n) is 2.63. The Morgan fingerprint density at radius 3 is 2.00 bits per heavy atom. The van der Waals surface area contributed by atoms with E-state index in [1.165, 1.54) is 18.7 Å². The molecule has 2 aromatic carbocycles. The first-order valence-corrected chi connectivity index (χ1v) is 6.34. The minimum atomic E-state index is -0.303. The van der Waals surface area contributed by atoms with Gasteiger partial charge in [-0.25, -0.2) is 4.39 Å². The summed E-state index contributed by atoms with van der Waals surface area (Å²) in [6.45, 7) is 5.87. The molecule has 0 amide bonds. The van der Waals surface area contributed by atoms with Gasteiger partial charge in [-0.15, -0.1) is 0 Å². The van der Waals surface area contributed by atoms with Gasteiger partial charge in [0.25, 0.3) is 0 Å². The van der Waals surface area contributed by atoms with Gasteiger partial charge in [-0.1, -0.05) is 29.8 Å². The Labute approximate surface area is 119 Å². The van der Waals surface area contributed by atoms with Gasteiger partial charge in [0.15, 0.2) is 11.6 Å². The van der Waals surface area contributed by atoms with Crippen molar-refractivity contribution < 1.29 is 9.13 Å². The van der Waals surface area contributed by atoms with Crippen LogP contribution in [-0.4, -0.2) is 7.11 Å². The van der Waals surface area contributed by atoms with Crippen LogP contribution in [0.15, 0.2) is 36.4 Å². The Morgan fingerprint density at radius 1 is 0.947 bits per heavy atom. The molecule has 0 aliphatic heterocycles. The van der Waals surface area contributed by atoms with E-state index in [2.05, 4.69) is 6.07 Å². The average Bonchev–Trinajstić information content (AvgIpc) is 2.35. The molecule has 0 aliphatic rings. The molecule has 0 saturated heterocycles. The summed E-state index contributed by atoms with van der Waals surface area (Å²) >= 11 is 5.81. The maximum Gasteiger partial charge on any atom is 0.165 e. The van der Waals surface area contributed by atoms with E-state index in [0.29, 0.717) is 5.75 Å². The highest BCUT2D eigenvalue weighted by molar-refractivity contribution is 6.31. The lowest BCUT2D eigenvalue weighted by Gasteiger charge is -2.00. The number of benzene rings is 2. The Kier molecular flexibility index (Phi) is 5.84. The Hall–Kier alpha value is -1.54. The van der Waals surface area contributed by atoms with Gasteiger partial charge >= 0.3 is 0 Å². The zero-order valence-electron chi connectivity index (χ0n) is 11.6. The molecule has 0 atom stereocenters. The van der Waals surface area contributed by atoms with Crippen LogP contribution in [0.2, 0.25) is 5.02 Å². The van der Waals surface area contributed by atoms with Crippen molar-refractivity contribution >= 4 is 11.6 Å². The second kappa shape index (κ2) is 7.15. The summed E-state index contributed by atoms with van der Waals surface area (Å²) in [5.41, 5.74) is 3.26. The lowest BCUT2D eigenvalue weighted by Crippen LogP contribution is -1.87. The van der Waals surface area contributed by atoms with Crippen molar-refractivity contribution in [2.75, 3.05) is 7.11 Å². The van der Waals surface area contributed by atoms with E-state index in [9.17, 15) is 4.39 Å². The first-order valence-electron chi connectivity index (χ1n) is 5.97. The van der Waals surface area contributed by atoms with Gasteiger partial charge in [0, 0.05) is 5.02 Å². The van der Waals surface area contributed by atoms with Crippen LogP contribution in [0, 0.1) is 26.6 Å². The average molecular weight is 281 g/mol. The summed E-state index contributed by atoms with van der Waals surface area (Å²) in [6.07, 6.45) is 0. The van der Waals surface area contributed by atoms with Gasteiger partial charge < -0.3 is 4.74 Å². The lowest BCUT2D eigenvalue weighted by atomic mass is 10.2. The molecule has 1 nitrogen and oxygen atoms in total. The fourth-order valence-electron chi connectivity index (χ4n) is 1.47. The van der Waals surface area contributed by atoms with Crippen molar-refractivity contribution in [1.82, 2.24) is 0 Å². The van der Waals surface area contributed by atoms with Gasteiger partial charge in [0.2, 0.25) is 0 Å². The highest BCUT2D eigenvalue weighted by Crippen LogP contribution is 2.16. The molecular weight excluding hydrogens is 263 g/mol. The lowest BCUT2D eigenvalue weighted by molar-refractivity contribution is 0.386. The van der Waals surface area contributed by atoms with Crippen molar-refractivity contribution in [1.29, 1.82) is 0 Å². The molecule has 0 N–H and O–H groups in total. The molecule has 0 aromatic heterocycles. The minimum Gasteiger partial charge on any atom is -0.494 e.